The van der Waals surface area contributed by atoms with Crippen LogP contribution in [0.2, 0.25) is 5.02 Å². The number of hydrogen-bond donors (Lipinski definition) is 1. The first kappa shape index (κ1) is 16.2. The van der Waals surface area contributed by atoms with Crippen LogP contribution in [0, 0.1) is 0 Å². The predicted molar refractivity (Wildman–Crippen MR) is 91.2 cm³/mol. The molecule has 0 radical (unpaired) electrons. The van der Waals surface area contributed by atoms with Gasteiger partial charge in [-0.3, -0.25) is 0 Å². The number of aromatic carboxylic acids is 1. The quantitative estimate of drug-likeness (QED) is 0.731. The summed E-state index contributed by atoms with van der Waals surface area (Å²) < 4.78 is 5.67. The van der Waals surface area contributed by atoms with Crippen LogP contribution in [0.1, 0.15) is 35.7 Å². The molecule has 1 aromatic heterocycles. The first-order valence-corrected chi connectivity index (χ1v) is 7.81. The molecule has 1 N–H and O–H groups in total. The fraction of sp³-hybridized carbons (Fsp3) is 0.167. The summed E-state index contributed by atoms with van der Waals surface area (Å²) in [6.45, 7) is 4.24. The number of carboxylic acids is 1. The van der Waals surface area contributed by atoms with Gasteiger partial charge in [0.15, 0.2) is 0 Å². The van der Waals surface area contributed by atoms with Crippen LogP contribution in [-0.2, 0) is 0 Å². The molecule has 0 aliphatic heterocycles. The number of benzene rings is 2. The molecule has 0 saturated carbocycles. The first-order chi connectivity index (χ1) is 11.5. The molecular weight excluding hydrogens is 328 g/mol. The largest absolute Gasteiger partial charge is 0.478 e. The van der Waals surface area contributed by atoms with Crippen LogP contribution >= 0.6 is 11.6 Å². The lowest BCUT2D eigenvalue weighted by Crippen LogP contribution is -1.98. The van der Waals surface area contributed by atoms with E-state index in [1.54, 1.807) is 12.1 Å². The monoisotopic (exact) mass is 342 g/mol. The van der Waals surface area contributed by atoms with Crippen molar-refractivity contribution in [2.75, 3.05) is 0 Å². The van der Waals surface area contributed by atoms with Crippen LogP contribution in [0.25, 0.3) is 22.9 Å². The zero-order valence-electron chi connectivity index (χ0n) is 13.2. The maximum atomic E-state index is 11.2. The van der Waals surface area contributed by atoms with Crippen molar-refractivity contribution >= 4 is 17.6 Å². The topological polar surface area (TPSA) is 76.2 Å². The standard InChI is InChI=1S/C18H15ClN2O3/c1-10(2)11-6-8-12(9-7-11)16-20-21-17(24-16)13-4-3-5-14(15(13)19)18(22)23/h3-10H,1-2H3,(H,22,23). The van der Waals surface area contributed by atoms with Gasteiger partial charge in [-0.15, -0.1) is 10.2 Å². The van der Waals surface area contributed by atoms with Crippen LogP contribution in [0.4, 0.5) is 0 Å². The van der Waals surface area contributed by atoms with E-state index in [2.05, 4.69) is 24.0 Å². The van der Waals surface area contributed by atoms with E-state index in [9.17, 15) is 4.79 Å². The van der Waals surface area contributed by atoms with Gasteiger partial charge in [0.25, 0.3) is 0 Å². The van der Waals surface area contributed by atoms with Crippen LogP contribution in [-0.4, -0.2) is 21.3 Å². The minimum absolute atomic E-state index is 0.00444. The second-order valence-electron chi connectivity index (χ2n) is 5.66. The zero-order valence-corrected chi connectivity index (χ0v) is 13.9. The molecule has 3 rings (SSSR count). The molecule has 6 heteroatoms. The molecule has 0 aliphatic carbocycles. The van der Waals surface area contributed by atoms with Crippen LogP contribution in [0.5, 0.6) is 0 Å². The zero-order chi connectivity index (χ0) is 17.3. The van der Waals surface area contributed by atoms with Crippen molar-refractivity contribution in [3.05, 3.63) is 58.6 Å². The van der Waals surface area contributed by atoms with Crippen molar-refractivity contribution in [1.29, 1.82) is 0 Å². The number of nitrogens with zero attached hydrogens (tertiary/aromatic N) is 2. The van der Waals surface area contributed by atoms with E-state index in [0.29, 0.717) is 17.4 Å². The Hall–Kier alpha value is -2.66. The molecule has 1 heterocycles. The predicted octanol–water partition coefficient (Wildman–Crippen LogP) is 4.88. The number of carboxylic acid groups (broad SMARTS) is 1. The van der Waals surface area contributed by atoms with E-state index in [-0.39, 0.29) is 16.5 Å². The molecule has 3 aromatic rings. The van der Waals surface area contributed by atoms with Crippen molar-refractivity contribution in [2.24, 2.45) is 0 Å². The molecule has 0 bridgehead atoms. The molecular formula is C18H15ClN2O3. The van der Waals surface area contributed by atoms with Crippen molar-refractivity contribution in [2.45, 2.75) is 19.8 Å². The van der Waals surface area contributed by atoms with E-state index >= 15 is 0 Å². The molecule has 2 aromatic carbocycles. The Morgan fingerprint density at radius 1 is 1.08 bits per heavy atom. The number of carbonyl (C=O) groups is 1. The van der Waals surface area contributed by atoms with Crippen LogP contribution < -0.4 is 0 Å². The van der Waals surface area contributed by atoms with Crippen LogP contribution in [0.15, 0.2) is 46.9 Å². The molecule has 0 unspecified atom stereocenters. The summed E-state index contributed by atoms with van der Waals surface area (Å²) in [6, 6.07) is 12.5. The number of halogens is 1. The van der Waals surface area contributed by atoms with Gasteiger partial charge < -0.3 is 9.52 Å². The average Bonchev–Trinajstić information content (AvgIpc) is 3.04. The molecule has 0 fully saturated rings. The average molecular weight is 343 g/mol. The van der Waals surface area contributed by atoms with E-state index in [0.717, 1.165) is 5.56 Å². The lowest BCUT2D eigenvalue weighted by atomic mass is 10.0. The SMILES string of the molecule is CC(C)c1ccc(-c2nnc(-c3cccc(C(=O)O)c3Cl)o2)cc1. The summed E-state index contributed by atoms with van der Waals surface area (Å²) in [5, 5.41) is 17.2. The van der Waals surface area contributed by atoms with Crippen molar-refractivity contribution in [3.63, 3.8) is 0 Å². The highest BCUT2D eigenvalue weighted by atomic mass is 35.5. The molecule has 0 aliphatic rings. The summed E-state index contributed by atoms with van der Waals surface area (Å²) in [5.74, 6) is -0.121. The number of aromatic nitrogens is 2. The minimum Gasteiger partial charge on any atom is -0.478 e. The number of hydrogen-bond acceptors (Lipinski definition) is 4. The van der Waals surface area contributed by atoms with E-state index < -0.39 is 5.97 Å². The molecule has 122 valence electrons. The number of rotatable bonds is 4. The molecule has 24 heavy (non-hydrogen) atoms. The highest BCUT2D eigenvalue weighted by Gasteiger charge is 2.18. The van der Waals surface area contributed by atoms with Gasteiger partial charge in [0, 0.05) is 5.56 Å². The summed E-state index contributed by atoms with van der Waals surface area (Å²) in [6.07, 6.45) is 0. The van der Waals surface area contributed by atoms with Gasteiger partial charge in [0.1, 0.15) is 0 Å². The van der Waals surface area contributed by atoms with E-state index in [1.165, 1.54) is 11.6 Å². The highest BCUT2D eigenvalue weighted by Crippen LogP contribution is 2.32. The Bertz CT molecular complexity index is 886. The molecule has 0 amide bonds. The fourth-order valence-electron chi connectivity index (χ4n) is 2.32. The lowest BCUT2D eigenvalue weighted by Gasteiger charge is -2.05. The summed E-state index contributed by atoms with van der Waals surface area (Å²) >= 11 is 6.14. The maximum Gasteiger partial charge on any atom is 0.337 e. The van der Waals surface area contributed by atoms with Gasteiger partial charge in [-0.25, -0.2) is 4.79 Å². The highest BCUT2D eigenvalue weighted by molar-refractivity contribution is 6.36. The molecule has 0 atom stereocenters. The summed E-state index contributed by atoms with van der Waals surface area (Å²) in [4.78, 5) is 11.2. The third-order valence-electron chi connectivity index (χ3n) is 3.71. The maximum absolute atomic E-state index is 11.2. The third kappa shape index (κ3) is 3.03. The van der Waals surface area contributed by atoms with Gasteiger partial charge in [-0.1, -0.05) is 43.6 Å². The Balaban J connectivity index is 1.97. The second-order valence-corrected chi connectivity index (χ2v) is 6.04. The van der Waals surface area contributed by atoms with E-state index in [4.69, 9.17) is 21.1 Å². The lowest BCUT2D eigenvalue weighted by molar-refractivity contribution is 0.0697. The first-order valence-electron chi connectivity index (χ1n) is 7.43. The minimum atomic E-state index is -1.11. The van der Waals surface area contributed by atoms with Crippen LogP contribution in [0.3, 0.4) is 0 Å². The third-order valence-corrected chi connectivity index (χ3v) is 4.12. The smallest absolute Gasteiger partial charge is 0.337 e. The molecule has 0 saturated heterocycles. The van der Waals surface area contributed by atoms with Gasteiger partial charge in [0.2, 0.25) is 11.8 Å². The Kier molecular flexibility index (Phi) is 4.36. The van der Waals surface area contributed by atoms with Crippen molar-refractivity contribution in [3.8, 4) is 22.9 Å². The van der Waals surface area contributed by atoms with Gasteiger partial charge in [-0.2, -0.15) is 0 Å². The second kappa shape index (κ2) is 6.45. The Labute approximate surface area is 143 Å². The van der Waals surface area contributed by atoms with Gasteiger partial charge in [0.05, 0.1) is 16.1 Å². The normalized spacial score (nSPS) is 11.0. The molecule has 0 spiro atoms. The Morgan fingerprint density at radius 3 is 2.38 bits per heavy atom. The fourth-order valence-corrected chi connectivity index (χ4v) is 2.61. The summed E-state index contributed by atoms with van der Waals surface area (Å²) in [7, 11) is 0. The van der Waals surface area contributed by atoms with Crippen molar-refractivity contribution < 1.29 is 14.3 Å². The van der Waals surface area contributed by atoms with Gasteiger partial charge in [-0.05, 0) is 35.7 Å². The van der Waals surface area contributed by atoms with Crippen molar-refractivity contribution in [1.82, 2.24) is 10.2 Å². The van der Waals surface area contributed by atoms with Gasteiger partial charge >= 0.3 is 5.97 Å². The van der Waals surface area contributed by atoms with E-state index in [1.807, 2.05) is 24.3 Å². The molecule has 5 nitrogen and oxygen atoms in total. The summed E-state index contributed by atoms with van der Waals surface area (Å²) in [5.41, 5.74) is 2.41. The Morgan fingerprint density at radius 2 is 1.75 bits per heavy atom.